The molecule has 280 valence electrons. The average molecular weight is 788 g/mol. The molecule has 0 fully saturated rings. The first-order valence-corrected chi connectivity index (χ1v) is 20.6. The van der Waals surface area contributed by atoms with Crippen LogP contribution in [0.15, 0.2) is 206 Å². The van der Waals surface area contributed by atoms with Crippen LogP contribution in [0.1, 0.15) is 6.85 Å². The summed E-state index contributed by atoms with van der Waals surface area (Å²) in [5.74, 6) is 0.631. The average Bonchev–Trinajstić information content (AvgIpc) is 3.90. The molecule has 0 atom stereocenters. The van der Waals surface area contributed by atoms with Crippen molar-refractivity contribution in [1.82, 2.24) is 19.5 Å². The molecule has 0 N–H and O–H groups in total. The molecule has 0 spiro atoms. The van der Waals surface area contributed by atoms with Crippen LogP contribution in [-0.2, 0) is 0 Å². The van der Waals surface area contributed by atoms with E-state index in [1.165, 1.54) is 0 Å². The fraction of sp³-hybridized carbons (Fsp3) is 0. The lowest BCUT2D eigenvalue weighted by Crippen LogP contribution is -2.01. The van der Waals surface area contributed by atoms with Gasteiger partial charge in [0.1, 0.15) is 0 Å². The Morgan fingerprint density at radius 3 is 1.80 bits per heavy atom. The van der Waals surface area contributed by atoms with Crippen LogP contribution in [-0.4, -0.2) is 19.5 Å². The highest BCUT2D eigenvalue weighted by atomic mass is 32.1. The van der Waals surface area contributed by atoms with E-state index in [9.17, 15) is 0 Å². The maximum absolute atomic E-state index is 9.00. The van der Waals surface area contributed by atoms with Crippen LogP contribution >= 0.6 is 11.3 Å². The van der Waals surface area contributed by atoms with Gasteiger partial charge in [0.2, 0.25) is 0 Å². The van der Waals surface area contributed by atoms with Gasteiger partial charge in [-0.3, -0.25) is 0 Å². The number of aromatic nitrogens is 4. The summed E-state index contributed by atoms with van der Waals surface area (Å²) in [5, 5.41) is 6.39. The van der Waals surface area contributed by atoms with Crippen LogP contribution in [0.2, 0.25) is 0 Å². The smallest absolute Gasteiger partial charge is 0.165 e. The number of para-hydroxylation sites is 2. The van der Waals surface area contributed by atoms with Gasteiger partial charge in [-0.1, -0.05) is 164 Å². The van der Waals surface area contributed by atoms with E-state index < -0.39 is 18.1 Å². The molecular weight excluding hydrogens is 749 g/mol. The molecule has 12 rings (SSSR count). The van der Waals surface area contributed by atoms with Gasteiger partial charge in [-0.15, -0.1) is 11.3 Å². The Morgan fingerprint density at radius 1 is 0.400 bits per heavy atom. The molecule has 0 saturated heterocycles. The van der Waals surface area contributed by atoms with Gasteiger partial charge in [-0.25, -0.2) is 15.0 Å². The van der Waals surface area contributed by atoms with E-state index in [4.69, 9.17) is 21.8 Å². The monoisotopic (exact) mass is 787 g/mol. The molecule has 3 aromatic heterocycles. The maximum Gasteiger partial charge on any atom is 0.165 e. The summed E-state index contributed by atoms with van der Waals surface area (Å²) in [5.41, 5.74) is 8.84. The third-order valence-corrected chi connectivity index (χ3v) is 12.5. The van der Waals surface area contributed by atoms with E-state index in [0.717, 1.165) is 86.3 Å². The molecule has 0 aliphatic carbocycles. The van der Waals surface area contributed by atoms with Crippen LogP contribution in [0, 0.1) is 0 Å². The molecule has 3 heterocycles. The zero-order chi connectivity index (χ0) is 43.9. The van der Waals surface area contributed by atoms with Crippen molar-refractivity contribution in [3.63, 3.8) is 0 Å². The second kappa shape index (κ2) is 14.0. The molecule has 0 saturated carbocycles. The van der Waals surface area contributed by atoms with Crippen LogP contribution < -0.4 is 0 Å². The largest absolute Gasteiger partial charge is 0.309 e. The number of nitrogens with zero attached hydrogens (tertiary/aromatic N) is 4. The maximum atomic E-state index is 9.00. The normalized spacial score (nSPS) is 12.8. The van der Waals surface area contributed by atoms with Crippen molar-refractivity contribution in [3.05, 3.63) is 206 Å². The van der Waals surface area contributed by atoms with Gasteiger partial charge in [0.05, 0.1) is 17.9 Å². The van der Waals surface area contributed by atoms with Gasteiger partial charge in [-0.05, 0) is 75.5 Å². The predicted octanol–water partition coefficient (Wildman–Crippen LogP) is 14.8. The Balaban J connectivity index is 1.15. The Kier molecular flexibility index (Phi) is 6.87. The fourth-order valence-electron chi connectivity index (χ4n) is 8.47. The predicted molar refractivity (Wildman–Crippen MR) is 252 cm³/mol. The van der Waals surface area contributed by atoms with Crippen LogP contribution in [0.3, 0.4) is 0 Å². The standard InChI is InChI=1S/C55H34N4S/c1-3-14-35(15-4-1)39-20-13-21-40(30-39)41-28-29-46-47-33-43(59-49-24-11-9-22-44(49)45-23-10-12-25-50(45)59)34-48(52(47)60-51(46)32-41)55-57-53(37-17-5-2-6-18-37)56-54(58-55)42-27-26-36-16-7-8-19-38(36)31-42/h1-34H/i2D,5D,6D,17D,18D. The number of hydrogen-bond donors (Lipinski definition) is 0. The highest BCUT2D eigenvalue weighted by molar-refractivity contribution is 7.26. The van der Waals surface area contributed by atoms with Crippen molar-refractivity contribution in [2.75, 3.05) is 0 Å². The zero-order valence-electron chi connectivity index (χ0n) is 36.9. The van der Waals surface area contributed by atoms with Crippen molar-refractivity contribution in [3.8, 4) is 62.1 Å². The summed E-state index contributed by atoms with van der Waals surface area (Å²) in [7, 11) is 0. The van der Waals surface area contributed by atoms with E-state index in [0.29, 0.717) is 17.2 Å². The number of hydrogen-bond acceptors (Lipinski definition) is 4. The van der Waals surface area contributed by atoms with Crippen LogP contribution in [0.25, 0.3) is 115 Å². The van der Waals surface area contributed by atoms with Crippen molar-refractivity contribution < 1.29 is 6.85 Å². The molecule has 0 bridgehead atoms. The fourth-order valence-corrected chi connectivity index (χ4v) is 9.71. The summed E-state index contributed by atoms with van der Waals surface area (Å²) in [6.07, 6.45) is 0. The van der Waals surface area contributed by atoms with Gasteiger partial charge in [0, 0.05) is 53.3 Å². The summed E-state index contributed by atoms with van der Waals surface area (Å²) in [6.45, 7) is 0. The minimum absolute atomic E-state index is 0.00716. The Labute approximate surface area is 357 Å². The summed E-state index contributed by atoms with van der Waals surface area (Å²) in [6, 6.07) is 58.7. The molecule has 60 heavy (non-hydrogen) atoms. The summed E-state index contributed by atoms with van der Waals surface area (Å²) < 4.78 is 47.8. The van der Waals surface area contributed by atoms with Gasteiger partial charge < -0.3 is 4.57 Å². The number of fused-ring (bicyclic) bond motifs is 7. The molecule has 0 radical (unpaired) electrons. The number of benzene rings is 9. The lowest BCUT2D eigenvalue weighted by Gasteiger charge is -2.13. The van der Waals surface area contributed by atoms with Crippen molar-refractivity contribution in [1.29, 1.82) is 0 Å². The lowest BCUT2D eigenvalue weighted by atomic mass is 9.98. The Bertz CT molecular complexity index is 3840. The first-order chi connectivity index (χ1) is 31.8. The molecule has 5 heteroatoms. The van der Waals surface area contributed by atoms with E-state index in [-0.39, 0.29) is 23.5 Å². The molecule has 0 amide bonds. The van der Waals surface area contributed by atoms with Crippen molar-refractivity contribution in [2.45, 2.75) is 0 Å². The minimum atomic E-state index is -0.482. The molecule has 0 unspecified atom stereocenters. The van der Waals surface area contributed by atoms with Crippen molar-refractivity contribution >= 4 is 64.1 Å². The van der Waals surface area contributed by atoms with Crippen LogP contribution in [0.5, 0.6) is 0 Å². The van der Waals surface area contributed by atoms with E-state index in [1.807, 2.05) is 48.5 Å². The topological polar surface area (TPSA) is 43.6 Å². The van der Waals surface area contributed by atoms with Gasteiger partial charge in [-0.2, -0.15) is 0 Å². The first-order valence-electron chi connectivity index (χ1n) is 22.3. The molecule has 0 aliphatic rings. The first kappa shape index (κ1) is 29.5. The second-order valence-electron chi connectivity index (χ2n) is 14.9. The highest BCUT2D eigenvalue weighted by Gasteiger charge is 2.21. The molecule has 4 nitrogen and oxygen atoms in total. The second-order valence-corrected chi connectivity index (χ2v) is 15.9. The summed E-state index contributed by atoms with van der Waals surface area (Å²) in [4.78, 5) is 15.2. The third-order valence-electron chi connectivity index (χ3n) is 11.3. The van der Waals surface area contributed by atoms with Gasteiger partial charge in [0.15, 0.2) is 17.5 Å². The summed E-state index contributed by atoms with van der Waals surface area (Å²) >= 11 is 1.66. The number of thiophene rings is 1. The SMILES string of the molecule is [2H]c1c([2H])c([2H])c(-c2nc(-c3ccc4ccccc4c3)nc(-c3cc(-n4c5ccccc5c5ccccc54)cc4c3sc3cc(-c5cccc(-c6ccccc6)c5)ccc34)n2)c([2H])c1[2H]. The molecule has 12 aromatic rings. The molecular formula is C55H34N4S. The van der Waals surface area contributed by atoms with Gasteiger partial charge >= 0.3 is 0 Å². The lowest BCUT2D eigenvalue weighted by molar-refractivity contribution is 1.08. The quantitative estimate of drug-likeness (QED) is 0.169. The highest BCUT2D eigenvalue weighted by Crippen LogP contribution is 2.44. The zero-order valence-corrected chi connectivity index (χ0v) is 32.8. The van der Waals surface area contributed by atoms with E-state index in [2.05, 4.69) is 132 Å². The minimum Gasteiger partial charge on any atom is -0.309 e. The Morgan fingerprint density at radius 2 is 1.02 bits per heavy atom. The van der Waals surface area contributed by atoms with Gasteiger partial charge in [0.25, 0.3) is 0 Å². The van der Waals surface area contributed by atoms with E-state index in [1.54, 1.807) is 11.3 Å². The number of rotatable bonds is 6. The molecule has 0 aliphatic heterocycles. The van der Waals surface area contributed by atoms with Crippen LogP contribution in [0.4, 0.5) is 0 Å². The Hall–Kier alpha value is -7.73. The third kappa shape index (κ3) is 5.78. The molecule has 9 aromatic carbocycles. The van der Waals surface area contributed by atoms with Crippen molar-refractivity contribution in [2.24, 2.45) is 0 Å². The van der Waals surface area contributed by atoms with E-state index >= 15 is 0 Å².